The fourth-order valence-electron chi connectivity index (χ4n) is 2.44. The van der Waals surface area contributed by atoms with Gasteiger partial charge in [-0.15, -0.1) is 34.4 Å². The van der Waals surface area contributed by atoms with Crippen molar-refractivity contribution >= 4 is 68.0 Å². The second-order valence-electron chi connectivity index (χ2n) is 5.61. The quantitative estimate of drug-likeness (QED) is 0.380. The highest BCUT2D eigenvalue weighted by Gasteiger charge is 2.09. The third kappa shape index (κ3) is 4.52. The van der Waals surface area contributed by atoms with Crippen molar-refractivity contribution in [1.82, 2.24) is 9.97 Å². The lowest BCUT2D eigenvalue weighted by molar-refractivity contribution is 0.102. The first kappa shape index (κ1) is 18.5. The molecule has 4 rings (SSSR count). The van der Waals surface area contributed by atoms with Crippen molar-refractivity contribution in [3.8, 4) is 0 Å². The molecule has 0 fully saturated rings. The lowest BCUT2D eigenvalue weighted by Crippen LogP contribution is -2.11. The van der Waals surface area contributed by atoms with Gasteiger partial charge in [-0.1, -0.05) is 11.8 Å². The Morgan fingerprint density at radius 1 is 1.19 bits per heavy atom. The van der Waals surface area contributed by atoms with E-state index in [4.69, 9.17) is 0 Å². The van der Waals surface area contributed by atoms with Gasteiger partial charge >= 0.3 is 0 Å². The van der Waals surface area contributed by atoms with Gasteiger partial charge in [-0.2, -0.15) is 0 Å². The summed E-state index contributed by atoms with van der Waals surface area (Å²) in [5, 5.41) is 5.02. The summed E-state index contributed by atoms with van der Waals surface area (Å²) >= 11 is 6.58. The number of aromatic nitrogens is 2. The van der Waals surface area contributed by atoms with E-state index in [1.807, 2.05) is 54.2 Å². The fraction of sp³-hybridized carbons (Fsp3) is 0.105. The van der Waals surface area contributed by atoms with Crippen LogP contribution in [0, 0.1) is 0 Å². The van der Waals surface area contributed by atoms with Gasteiger partial charge in [0.25, 0.3) is 5.91 Å². The van der Waals surface area contributed by atoms with E-state index in [2.05, 4.69) is 20.7 Å². The number of nitrogens with one attached hydrogen (secondary N) is 1. The van der Waals surface area contributed by atoms with Gasteiger partial charge in [0.1, 0.15) is 0 Å². The van der Waals surface area contributed by atoms with E-state index in [1.54, 1.807) is 46.2 Å². The average Bonchev–Trinajstić information content (AvgIpc) is 3.35. The van der Waals surface area contributed by atoms with Gasteiger partial charge < -0.3 is 5.32 Å². The van der Waals surface area contributed by atoms with Gasteiger partial charge in [-0.3, -0.25) is 4.79 Å². The zero-order chi connectivity index (χ0) is 18.6. The van der Waals surface area contributed by atoms with E-state index < -0.39 is 0 Å². The van der Waals surface area contributed by atoms with Gasteiger partial charge in [0.05, 0.1) is 21.4 Å². The Morgan fingerprint density at radius 3 is 2.78 bits per heavy atom. The molecule has 0 aliphatic carbocycles. The minimum Gasteiger partial charge on any atom is -0.322 e. The minimum absolute atomic E-state index is 0.111. The Kier molecular flexibility index (Phi) is 5.77. The first-order chi connectivity index (χ1) is 13.2. The van der Waals surface area contributed by atoms with Crippen molar-refractivity contribution in [2.24, 2.45) is 0 Å². The molecule has 0 saturated heterocycles. The first-order valence-corrected chi connectivity index (χ1v) is 12.0. The Balaban J connectivity index is 1.41. The SMILES string of the molecule is CSc1nc2ccc(NC(=O)c3ccc(SCc4cscn4)cc3)cc2s1. The molecule has 0 atom stereocenters. The maximum atomic E-state index is 12.5. The number of anilines is 1. The lowest BCUT2D eigenvalue weighted by atomic mass is 10.2. The molecule has 0 aliphatic rings. The van der Waals surface area contributed by atoms with Gasteiger partial charge in [0, 0.05) is 27.3 Å². The highest BCUT2D eigenvalue weighted by atomic mass is 32.2. The van der Waals surface area contributed by atoms with Crippen LogP contribution >= 0.6 is 46.2 Å². The van der Waals surface area contributed by atoms with Crippen LogP contribution in [0.2, 0.25) is 0 Å². The highest BCUT2D eigenvalue weighted by molar-refractivity contribution is 8.00. The van der Waals surface area contributed by atoms with Gasteiger partial charge in [0.2, 0.25) is 0 Å². The predicted octanol–water partition coefficient (Wildman–Crippen LogP) is 6.02. The van der Waals surface area contributed by atoms with Gasteiger partial charge in [0.15, 0.2) is 4.34 Å². The summed E-state index contributed by atoms with van der Waals surface area (Å²) in [6.07, 6.45) is 2.01. The first-order valence-electron chi connectivity index (χ1n) is 8.07. The van der Waals surface area contributed by atoms with Crippen molar-refractivity contribution in [2.75, 3.05) is 11.6 Å². The summed E-state index contributed by atoms with van der Waals surface area (Å²) in [4.78, 5) is 22.4. The third-order valence-electron chi connectivity index (χ3n) is 3.79. The Labute approximate surface area is 173 Å². The molecule has 0 unspecified atom stereocenters. The molecule has 0 radical (unpaired) electrons. The summed E-state index contributed by atoms with van der Waals surface area (Å²) in [5.41, 5.74) is 5.31. The van der Waals surface area contributed by atoms with Crippen LogP contribution in [-0.4, -0.2) is 22.1 Å². The molecule has 0 saturated carbocycles. The molecule has 27 heavy (non-hydrogen) atoms. The second kappa shape index (κ2) is 8.43. The number of hydrogen-bond donors (Lipinski definition) is 1. The summed E-state index contributed by atoms with van der Waals surface area (Å²) in [6.45, 7) is 0. The normalized spacial score (nSPS) is 11.0. The fourth-order valence-corrected chi connectivity index (χ4v) is 5.43. The zero-order valence-corrected chi connectivity index (χ0v) is 17.6. The number of thiazole rings is 2. The molecule has 1 amide bonds. The number of carbonyl (C=O) groups excluding carboxylic acids is 1. The minimum atomic E-state index is -0.111. The van der Waals surface area contributed by atoms with Crippen LogP contribution in [0.25, 0.3) is 10.2 Å². The molecule has 136 valence electrons. The van der Waals surface area contributed by atoms with Gasteiger partial charge in [-0.25, -0.2) is 9.97 Å². The summed E-state index contributed by atoms with van der Waals surface area (Å²) in [5.74, 6) is 0.724. The smallest absolute Gasteiger partial charge is 0.255 e. The molecule has 0 aliphatic heterocycles. The maximum Gasteiger partial charge on any atom is 0.255 e. The van der Waals surface area contributed by atoms with Crippen molar-refractivity contribution in [1.29, 1.82) is 0 Å². The molecule has 8 heteroatoms. The second-order valence-corrected chi connectivity index (χ2v) is 9.46. The maximum absolute atomic E-state index is 12.5. The van der Waals surface area contributed by atoms with Crippen LogP contribution in [0.15, 0.2) is 62.6 Å². The lowest BCUT2D eigenvalue weighted by Gasteiger charge is -2.06. The number of amides is 1. The third-order valence-corrected chi connectivity index (χ3v) is 7.47. The number of nitrogens with zero attached hydrogens (tertiary/aromatic N) is 2. The predicted molar refractivity (Wildman–Crippen MR) is 117 cm³/mol. The molecule has 0 spiro atoms. The Hall–Kier alpha value is -1.87. The van der Waals surface area contributed by atoms with Crippen molar-refractivity contribution < 1.29 is 4.79 Å². The summed E-state index contributed by atoms with van der Waals surface area (Å²) in [7, 11) is 0. The summed E-state index contributed by atoms with van der Waals surface area (Å²) < 4.78 is 2.10. The highest BCUT2D eigenvalue weighted by Crippen LogP contribution is 2.30. The molecular formula is C19H15N3OS4. The van der Waals surface area contributed by atoms with Crippen LogP contribution in [0.1, 0.15) is 16.1 Å². The van der Waals surface area contributed by atoms with E-state index in [0.29, 0.717) is 5.56 Å². The Morgan fingerprint density at radius 2 is 2.04 bits per heavy atom. The molecule has 1 N–H and O–H groups in total. The standard InChI is InChI=1S/C19H15N3OS4/c1-24-19-22-16-7-4-13(8-17(16)27-19)21-18(23)12-2-5-15(6-3-12)26-10-14-9-25-11-20-14/h2-9,11H,10H2,1H3,(H,21,23). The number of thioether (sulfide) groups is 2. The Bertz CT molecular complexity index is 1060. The van der Waals surface area contributed by atoms with Crippen LogP contribution < -0.4 is 5.32 Å². The monoisotopic (exact) mass is 429 g/mol. The number of hydrogen-bond acceptors (Lipinski definition) is 7. The van der Waals surface area contributed by atoms with Crippen molar-refractivity contribution in [3.05, 3.63) is 64.6 Å². The zero-order valence-electron chi connectivity index (χ0n) is 14.3. The van der Waals surface area contributed by atoms with E-state index in [-0.39, 0.29) is 5.91 Å². The number of carbonyl (C=O) groups is 1. The van der Waals surface area contributed by atoms with Gasteiger partial charge in [-0.05, 0) is 48.7 Å². The van der Waals surface area contributed by atoms with E-state index in [0.717, 1.165) is 36.6 Å². The number of fused-ring (bicyclic) bond motifs is 1. The molecule has 2 aromatic heterocycles. The van der Waals surface area contributed by atoms with E-state index >= 15 is 0 Å². The average molecular weight is 430 g/mol. The van der Waals surface area contributed by atoms with Crippen molar-refractivity contribution in [2.45, 2.75) is 15.0 Å². The van der Waals surface area contributed by atoms with Crippen LogP contribution in [0.5, 0.6) is 0 Å². The number of rotatable bonds is 6. The largest absolute Gasteiger partial charge is 0.322 e. The molecule has 4 nitrogen and oxygen atoms in total. The van der Waals surface area contributed by atoms with E-state index in [1.165, 1.54) is 0 Å². The topological polar surface area (TPSA) is 54.9 Å². The van der Waals surface area contributed by atoms with Crippen molar-refractivity contribution in [3.63, 3.8) is 0 Å². The molecule has 2 heterocycles. The van der Waals surface area contributed by atoms with Crippen LogP contribution in [0.4, 0.5) is 5.69 Å². The molecular weight excluding hydrogens is 414 g/mol. The van der Waals surface area contributed by atoms with Crippen LogP contribution in [-0.2, 0) is 5.75 Å². The van der Waals surface area contributed by atoms with E-state index in [9.17, 15) is 4.79 Å². The molecule has 2 aromatic carbocycles. The number of benzene rings is 2. The summed E-state index contributed by atoms with van der Waals surface area (Å²) in [6, 6.07) is 13.5. The molecule has 4 aromatic rings. The van der Waals surface area contributed by atoms with Crippen LogP contribution in [0.3, 0.4) is 0 Å². The molecule has 0 bridgehead atoms.